The van der Waals surface area contributed by atoms with E-state index in [9.17, 15) is 9.59 Å². The molecule has 0 heterocycles. The van der Waals surface area contributed by atoms with Crippen molar-refractivity contribution in [2.45, 2.75) is 25.4 Å². The number of hydrogen-bond acceptors (Lipinski definition) is 4. The standard InChI is InChI=1S/C6H12N2O3.K.H/c1-3(7)5(9)2-4(8)6(10)11;;/h3-4H,2,7-8H2,1H3,(H,10,11);;/q;+1;-1/t3?,4-;;/m0../s1. The van der Waals surface area contributed by atoms with E-state index in [0.29, 0.717) is 0 Å². The second-order valence-corrected chi connectivity index (χ2v) is 2.40. The smallest absolute Gasteiger partial charge is 1.00 e. The molecule has 5 nitrogen and oxygen atoms in total. The first-order chi connectivity index (χ1) is 4.95. The van der Waals surface area contributed by atoms with Crippen LogP contribution in [-0.4, -0.2) is 28.9 Å². The van der Waals surface area contributed by atoms with Crippen molar-refractivity contribution in [3.05, 3.63) is 0 Å². The summed E-state index contributed by atoms with van der Waals surface area (Å²) in [5, 5.41) is 8.29. The number of aliphatic carboxylic acids is 1. The molecule has 2 atom stereocenters. The van der Waals surface area contributed by atoms with E-state index in [1.54, 1.807) is 0 Å². The molecule has 0 amide bonds. The largest absolute Gasteiger partial charge is 1.00 e. The molecule has 0 rings (SSSR count). The SMILES string of the molecule is CC(N)C(=O)C[C@H](N)C(=O)O.[H-].[K+]. The van der Waals surface area contributed by atoms with Crippen LogP contribution < -0.4 is 62.9 Å². The van der Waals surface area contributed by atoms with E-state index >= 15 is 0 Å². The number of carbonyl (C=O) groups is 2. The zero-order valence-electron chi connectivity index (χ0n) is 8.28. The molecule has 66 valence electrons. The molecule has 0 fully saturated rings. The third kappa shape index (κ3) is 6.24. The van der Waals surface area contributed by atoms with E-state index in [-0.39, 0.29) is 65.0 Å². The summed E-state index contributed by atoms with van der Waals surface area (Å²) in [6.07, 6.45) is -0.201. The fourth-order valence-electron chi connectivity index (χ4n) is 0.490. The second kappa shape index (κ2) is 7.13. The number of hydrogen-bond donors (Lipinski definition) is 3. The van der Waals surface area contributed by atoms with Crippen molar-refractivity contribution in [3.8, 4) is 0 Å². The van der Waals surface area contributed by atoms with E-state index < -0.39 is 18.1 Å². The van der Waals surface area contributed by atoms with Gasteiger partial charge in [-0.1, -0.05) is 0 Å². The van der Waals surface area contributed by atoms with E-state index in [1.807, 2.05) is 0 Å². The summed E-state index contributed by atoms with van der Waals surface area (Å²) in [4.78, 5) is 20.9. The molecular weight excluding hydrogens is 187 g/mol. The van der Waals surface area contributed by atoms with Crippen molar-refractivity contribution in [1.82, 2.24) is 0 Å². The van der Waals surface area contributed by atoms with Crippen LogP contribution >= 0.6 is 0 Å². The molecule has 0 bridgehead atoms. The number of Topliss-reactive ketones (excluding diaryl/α,β-unsaturated/α-hetero) is 1. The third-order valence-electron chi connectivity index (χ3n) is 1.25. The predicted octanol–water partition coefficient (Wildman–Crippen LogP) is -4.18. The summed E-state index contributed by atoms with van der Waals surface area (Å²) in [5.74, 6) is -1.51. The molecule has 0 aromatic heterocycles. The van der Waals surface area contributed by atoms with Crippen molar-refractivity contribution in [2.75, 3.05) is 0 Å². The van der Waals surface area contributed by atoms with Crippen LogP contribution in [0.1, 0.15) is 14.8 Å². The summed E-state index contributed by atoms with van der Waals surface area (Å²) < 4.78 is 0. The van der Waals surface area contributed by atoms with Crippen LogP contribution in [0, 0.1) is 0 Å². The van der Waals surface area contributed by atoms with Gasteiger partial charge in [0, 0.05) is 6.42 Å². The number of ketones is 1. The average Bonchev–Trinajstić information content (AvgIpc) is 1.87. The minimum absolute atomic E-state index is 0. The molecular formula is C6H13KN2O3. The zero-order valence-corrected chi connectivity index (χ0v) is 10.4. The van der Waals surface area contributed by atoms with Crippen molar-refractivity contribution in [2.24, 2.45) is 11.5 Å². The van der Waals surface area contributed by atoms with Crippen molar-refractivity contribution in [3.63, 3.8) is 0 Å². The number of rotatable bonds is 4. The van der Waals surface area contributed by atoms with Gasteiger partial charge in [0.05, 0.1) is 6.04 Å². The molecule has 0 saturated carbocycles. The topological polar surface area (TPSA) is 106 Å². The maximum atomic E-state index is 10.8. The first kappa shape index (κ1) is 15.2. The zero-order chi connectivity index (χ0) is 9.02. The van der Waals surface area contributed by atoms with Crippen LogP contribution in [0.25, 0.3) is 0 Å². The van der Waals surface area contributed by atoms with Gasteiger partial charge in [-0.3, -0.25) is 9.59 Å². The van der Waals surface area contributed by atoms with Crippen LogP contribution in [0.4, 0.5) is 0 Å². The quantitative estimate of drug-likeness (QED) is 0.399. The number of carboxylic acids is 1. The minimum atomic E-state index is -1.18. The molecule has 5 N–H and O–H groups in total. The molecule has 0 aliphatic heterocycles. The van der Waals surface area contributed by atoms with Crippen LogP contribution in [0.15, 0.2) is 0 Å². The molecule has 0 aromatic carbocycles. The Balaban J connectivity index is -0.000000500. The van der Waals surface area contributed by atoms with E-state index in [0.717, 1.165) is 0 Å². The summed E-state index contributed by atoms with van der Waals surface area (Å²) in [6, 6.07) is -1.77. The summed E-state index contributed by atoms with van der Waals surface area (Å²) >= 11 is 0. The summed E-state index contributed by atoms with van der Waals surface area (Å²) in [6.45, 7) is 1.50. The van der Waals surface area contributed by atoms with Crippen LogP contribution in [0.2, 0.25) is 0 Å². The monoisotopic (exact) mass is 200 g/mol. The van der Waals surface area contributed by atoms with Gasteiger partial charge in [-0.25, -0.2) is 0 Å². The maximum absolute atomic E-state index is 10.8. The Hall–Kier alpha value is 0.696. The Bertz CT molecular complexity index is 177. The van der Waals surface area contributed by atoms with Gasteiger partial charge in [-0.15, -0.1) is 0 Å². The van der Waals surface area contributed by atoms with Gasteiger partial charge in [0.1, 0.15) is 6.04 Å². The van der Waals surface area contributed by atoms with Crippen molar-refractivity contribution >= 4 is 11.8 Å². The van der Waals surface area contributed by atoms with Crippen LogP contribution in [0.3, 0.4) is 0 Å². The Morgan fingerprint density at radius 3 is 2.17 bits per heavy atom. The molecule has 0 saturated heterocycles. The summed E-state index contributed by atoms with van der Waals surface area (Å²) in [7, 11) is 0. The van der Waals surface area contributed by atoms with Gasteiger partial charge in [0.25, 0.3) is 0 Å². The number of nitrogens with two attached hydrogens (primary N) is 2. The molecule has 0 aromatic rings. The third-order valence-corrected chi connectivity index (χ3v) is 1.25. The first-order valence-corrected chi connectivity index (χ1v) is 3.22. The molecule has 0 aliphatic carbocycles. The van der Waals surface area contributed by atoms with E-state index in [2.05, 4.69) is 0 Å². The molecule has 6 heteroatoms. The number of carbonyl (C=O) groups excluding carboxylic acids is 1. The molecule has 12 heavy (non-hydrogen) atoms. The number of carboxylic acid groups (broad SMARTS) is 1. The Labute approximate surface area is 115 Å². The fraction of sp³-hybridized carbons (Fsp3) is 0.667. The van der Waals surface area contributed by atoms with Crippen LogP contribution in [0.5, 0.6) is 0 Å². The van der Waals surface area contributed by atoms with Gasteiger partial charge in [0.15, 0.2) is 5.78 Å². The van der Waals surface area contributed by atoms with Crippen LogP contribution in [-0.2, 0) is 9.59 Å². The Morgan fingerprint density at radius 2 is 1.92 bits per heavy atom. The fourth-order valence-corrected chi connectivity index (χ4v) is 0.490. The maximum Gasteiger partial charge on any atom is 1.00 e. The predicted molar refractivity (Wildman–Crippen MR) is 40.0 cm³/mol. The van der Waals surface area contributed by atoms with Gasteiger partial charge >= 0.3 is 57.4 Å². The first-order valence-electron chi connectivity index (χ1n) is 3.22. The van der Waals surface area contributed by atoms with Gasteiger partial charge in [-0.05, 0) is 6.92 Å². The normalized spacial score (nSPS) is 14.2. The molecule has 0 radical (unpaired) electrons. The Morgan fingerprint density at radius 1 is 1.50 bits per heavy atom. The average molecular weight is 200 g/mol. The minimum Gasteiger partial charge on any atom is -1.00 e. The molecule has 1 unspecified atom stereocenters. The molecule has 0 aliphatic rings. The second-order valence-electron chi connectivity index (χ2n) is 2.40. The van der Waals surface area contributed by atoms with Crippen molar-refractivity contribution < 1.29 is 67.5 Å². The van der Waals surface area contributed by atoms with E-state index in [1.165, 1.54) is 6.92 Å². The molecule has 0 spiro atoms. The van der Waals surface area contributed by atoms with Gasteiger partial charge in [-0.2, -0.15) is 0 Å². The van der Waals surface area contributed by atoms with Gasteiger partial charge < -0.3 is 18.0 Å². The summed E-state index contributed by atoms with van der Waals surface area (Å²) in [5.41, 5.74) is 10.3. The Kier molecular flexibility index (Phi) is 9.02. The van der Waals surface area contributed by atoms with Gasteiger partial charge in [0.2, 0.25) is 0 Å². The van der Waals surface area contributed by atoms with Crippen molar-refractivity contribution in [1.29, 1.82) is 0 Å². The van der Waals surface area contributed by atoms with E-state index in [4.69, 9.17) is 16.6 Å².